The van der Waals surface area contributed by atoms with Crippen molar-refractivity contribution in [3.63, 3.8) is 0 Å². The number of hydrogen-bond donors (Lipinski definition) is 2. The summed E-state index contributed by atoms with van der Waals surface area (Å²) in [5.74, 6) is -0.970. The molecular weight excluding hydrogens is 753 g/mol. The molecule has 2 N–H and O–H groups in total. The number of nitrogens with one attached hydrogen (secondary N) is 1. The van der Waals surface area contributed by atoms with Gasteiger partial charge in [0.15, 0.2) is 6.10 Å². The van der Waals surface area contributed by atoms with Crippen LogP contribution in [0.15, 0.2) is 0 Å². The molecule has 0 aliphatic heterocycles. The van der Waals surface area contributed by atoms with Crippen molar-refractivity contribution < 1.29 is 42.4 Å². The Balaban J connectivity index is 4.49. The molecule has 0 aromatic carbocycles. The number of rotatable bonds is 46. The third-order valence-corrected chi connectivity index (χ3v) is 11.8. The number of carbonyl (C=O) groups excluding carboxylic acids is 3. The summed E-state index contributed by atoms with van der Waals surface area (Å²) in [5.41, 5.74) is 0. The monoisotopic (exact) mass is 846 g/mol. The fourth-order valence-corrected chi connectivity index (χ4v) is 7.84. The first-order valence-corrected chi connectivity index (χ1v) is 26.0. The van der Waals surface area contributed by atoms with E-state index in [-0.39, 0.29) is 38.5 Å². The fourth-order valence-electron chi connectivity index (χ4n) is 7.09. The Morgan fingerprint density at radius 2 is 0.810 bits per heavy atom. The molecule has 0 saturated carbocycles. The topological polar surface area (TPSA) is 137 Å². The lowest BCUT2D eigenvalue weighted by molar-refractivity contribution is -0.161. The largest absolute Gasteiger partial charge is 0.472 e. The Bertz CT molecular complexity index is 982. The molecular formula is C47H92NO9P. The van der Waals surface area contributed by atoms with Gasteiger partial charge in [-0.15, -0.1) is 0 Å². The Kier molecular flexibility index (Phi) is 42.5. The number of unbranched alkanes of at least 4 members (excludes halogenated alkanes) is 30. The number of phosphoric acid groups is 1. The lowest BCUT2D eigenvalue weighted by Crippen LogP contribution is -2.30. The maximum atomic E-state index is 12.7. The average Bonchev–Trinajstić information content (AvgIpc) is 3.20. The minimum absolute atomic E-state index is 0.0683. The zero-order chi connectivity index (χ0) is 42.6. The fraction of sp³-hybridized carbons (Fsp3) is 0.936. The van der Waals surface area contributed by atoms with E-state index in [2.05, 4.69) is 26.1 Å². The summed E-state index contributed by atoms with van der Waals surface area (Å²) in [4.78, 5) is 47.7. The van der Waals surface area contributed by atoms with Gasteiger partial charge in [-0.1, -0.05) is 213 Å². The molecule has 58 heavy (non-hydrogen) atoms. The molecule has 2 unspecified atom stereocenters. The van der Waals surface area contributed by atoms with E-state index in [1.165, 1.54) is 148 Å². The minimum Gasteiger partial charge on any atom is -0.462 e. The molecule has 0 radical (unpaired) electrons. The van der Waals surface area contributed by atoms with Crippen molar-refractivity contribution in [2.45, 2.75) is 258 Å². The van der Waals surface area contributed by atoms with E-state index in [0.29, 0.717) is 12.8 Å². The van der Waals surface area contributed by atoms with E-state index in [4.69, 9.17) is 18.5 Å². The highest BCUT2D eigenvalue weighted by Gasteiger charge is 2.26. The second kappa shape index (κ2) is 43.6. The van der Waals surface area contributed by atoms with Crippen LogP contribution in [0, 0.1) is 0 Å². The highest BCUT2D eigenvalue weighted by Crippen LogP contribution is 2.43. The standard InChI is InChI=1S/C47H92NO9P/c1-4-7-10-13-16-19-22-25-28-31-34-37-45(49)48-40-41-55-58(52,53)56-43-44(57-47(51)39-36-33-30-27-24-21-18-15-12-9-6-3)42-54-46(50)38-35-32-29-26-23-20-17-14-11-8-5-2/h44H,4-43H2,1-3H3,(H,48,49)(H,52,53). The molecule has 0 rings (SSSR count). The normalized spacial score (nSPS) is 13.0. The molecule has 0 saturated heterocycles. The first-order valence-electron chi connectivity index (χ1n) is 24.5. The highest BCUT2D eigenvalue weighted by atomic mass is 31.2. The molecule has 11 heteroatoms. The molecule has 0 bridgehead atoms. The third kappa shape index (κ3) is 42.6. The summed E-state index contributed by atoms with van der Waals surface area (Å²) in [5, 5.41) is 2.73. The van der Waals surface area contributed by atoms with E-state index >= 15 is 0 Å². The van der Waals surface area contributed by atoms with Gasteiger partial charge in [0, 0.05) is 25.8 Å². The Labute approximate surface area is 356 Å². The van der Waals surface area contributed by atoms with Crippen LogP contribution in [0.1, 0.15) is 252 Å². The highest BCUT2D eigenvalue weighted by molar-refractivity contribution is 7.47. The molecule has 0 aromatic heterocycles. The summed E-state index contributed by atoms with van der Waals surface area (Å²) < 4.78 is 33.9. The van der Waals surface area contributed by atoms with E-state index in [1.54, 1.807) is 0 Å². The van der Waals surface area contributed by atoms with Crippen LogP contribution in [0.25, 0.3) is 0 Å². The molecule has 0 aliphatic rings. The maximum Gasteiger partial charge on any atom is 0.472 e. The molecule has 0 spiro atoms. The molecule has 0 aliphatic carbocycles. The molecule has 344 valence electrons. The van der Waals surface area contributed by atoms with Gasteiger partial charge < -0.3 is 19.7 Å². The van der Waals surface area contributed by atoms with Crippen molar-refractivity contribution >= 4 is 25.7 Å². The van der Waals surface area contributed by atoms with Crippen LogP contribution in [0.3, 0.4) is 0 Å². The van der Waals surface area contributed by atoms with Crippen LogP contribution in [-0.4, -0.2) is 55.2 Å². The molecule has 1 amide bonds. The van der Waals surface area contributed by atoms with Crippen molar-refractivity contribution in [2.75, 3.05) is 26.4 Å². The smallest absolute Gasteiger partial charge is 0.462 e. The van der Waals surface area contributed by atoms with Gasteiger partial charge in [-0.3, -0.25) is 23.4 Å². The lowest BCUT2D eigenvalue weighted by Gasteiger charge is -2.20. The second-order valence-corrected chi connectivity index (χ2v) is 18.1. The molecule has 10 nitrogen and oxygen atoms in total. The predicted octanol–water partition coefficient (Wildman–Crippen LogP) is 13.8. The van der Waals surface area contributed by atoms with Crippen LogP contribution >= 0.6 is 7.82 Å². The predicted molar refractivity (Wildman–Crippen MR) is 239 cm³/mol. The minimum atomic E-state index is -4.52. The lowest BCUT2D eigenvalue weighted by atomic mass is 10.1. The van der Waals surface area contributed by atoms with Crippen LogP contribution in [-0.2, 0) is 37.5 Å². The zero-order valence-electron chi connectivity index (χ0n) is 38.0. The summed E-state index contributed by atoms with van der Waals surface area (Å²) in [7, 11) is -4.52. The first kappa shape index (κ1) is 56.5. The third-order valence-electron chi connectivity index (χ3n) is 10.8. The van der Waals surface area contributed by atoms with E-state index in [0.717, 1.165) is 57.8 Å². The number of phosphoric ester groups is 1. The zero-order valence-corrected chi connectivity index (χ0v) is 38.9. The van der Waals surface area contributed by atoms with Gasteiger partial charge >= 0.3 is 19.8 Å². The number of esters is 2. The Morgan fingerprint density at radius 3 is 1.21 bits per heavy atom. The van der Waals surface area contributed by atoms with Crippen molar-refractivity contribution in [3.8, 4) is 0 Å². The van der Waals surface area contributed by atoms with Gasteiger partial charge in [0.25, 0.3) is 0 Å². The second-order valence-electron chi connectivity index (χ2n) is 16.6. The molecule has 0 fully saturated rings. The van der Waals surface area contributed by atoms with Crippen LogP contribution in [0.2, 0.25) is 0 Å². The van der Waals surface area contributed by atoms with Gasteiger partial charge in [-0.2, -0.15) is 0 Å². The number of carbonyl (C=O) groups is 3. The summed E-state index contributed by atoms with van der Waals surface area (Å²) in [6.45, 7) is 5.82. The number of amides is 1. The number of ether oxygens (including phenoxy) is 2. The van der Waals surface area contributed by atoms with Crippen LogP contribution in [0.4, 0.5) is 0 Å². The van der Waals surface area contributed by atoms with Gasteiger partial charge in [-0.25, -0.2) is 4.57 Å². The number of hydrogen-bond acceptors (Lipinski definition) is 8. The van der Waals surface area contributed by atoms with E-state index < -0.39 is 32.5 Å². The Hall–Kier alpha value is -1.48. The van der Waals surface area contributed by atoms with Crippen molar-refractivity contribution in [2.24, 2.45) is 0 Å². The van der Waals surface area contributed by atoms with Gasteiger partial charge in [0.1, 0.15) is 6.61 Å². The quantitative estimate of drug-likeness (QED) is 0.0348. The van der Waals surface area contributed by atoms with Crippen molar-refractivity contribution in [1.29, 1.82) is 0 Å². The molecule has 2 atom stereocenters. The summed E-state index contributed by atoms with van der Waals surface area (Å²) in [6, 6.07) is 0. The Morgan fingerprint density at radius 1 is 0.466 bits per heavy atom. The molecule has 0 heterocycles. The summed E-state index contributed by atoms with van der Waals surface area (Å²) in [6.07, 6.45) is 39.0. The van der Waals surface area contributed by atoms with Gasteiger partial charge in [0.05, 0.1) is 13.2 Å². The van der Waals surface area contributed by atoms with Crippen molar-refractivity contribution in [1.82, 2.24) is 5.32 Å². The van der Waals surface area contributed by atoms with Crippen LogP contribution < -0.4 is 5.32 Å². The first-order chi connectivity index (χ1) is 28.2. The van der Waals surface area contributed by atoms with E-state index in [1.807, 2.05) is 0 Å². The summed E-state index contributed by atoms with van der Waals surface area (Å²) >= 11 is 0. The van der Waals surface area contributed by atoms with Gasteiger partial charge in [-0.05, 0) is 19.3 Å². The maximum absolute atomic E-state index is 12.7. The van der Waals surface area contributed by atoms with Crippen LogP contribution in [0.5, 0.6) is 0 Å². The van der Waals surface area contributed by atoms with Crippen molar-refractivity contribution in [3.05, 3.63) is 0 Å². The molecule has 0 aromatic rings. The SMILES string of the molecule is CCCCCCCCCCCCCC(=O)NCCOP(=O)(O)OCC(COC(=O)CCCCCCCCCCCCC)OC(=O)CCCCCCCCCCCCC. The average molecular weight is 846 g/mol. The van der Waals surface area contributed by atoms with E-state index in [9.17, 15) is 23.8 Å². The van der Waals surface area contributed by atoms with Gasteiger partial charge in [0.2, 0.25) is 5.91 Å².